The first-order chi connectivity index (χ1) is 10.0. The maximum absolute atomic E-state index is 13.0. The van der Waals surface area contributed by atoms with Crippen LogP contribution in [0.3, 0.4) is 0 Å². The van der Waals surface area contributed by atoms with Gasteiger partial charge in [0, 0.05) is 11.4 Å². The second-order valence-corrected chi connectivity index (χ2v) is 5.90. The Morgan fingerprint density at radius 2 is 2.19 bits per heavy atom. The Balaban J connectivity index is 1.94. The maximum Gasteiger partial charge on any atom is 0.313 e. The number of carbonyl (C=O) groups is 2. The molecule has 0 saturated carbocycles. The van der Waals surface area contributed by atoms with Crippen LogP contribution < -0.4 is 5.32 Å². The number of carboxylic acid groups (broad SMARTS) is 1. The van der Waals surface area contributed by atoms with E-state index in [4.69, 9.17) is 5.11 Å². The number of hydrogen-bond donors (Lipinski definition) is 2. The number of aromatic nitrogens is 2. The van der Waals surface area contributed by atoms with Gasteiger partial charge >= 0.3 is 5.97 Å². The first-order valence-corrected chi connectivity index (χ1v) is 7.70. The number of thioether (sulfide) groups is 1. The molecule has 1 aromatic heterocycles. The van der Waals surface area contributed by atoms with Crippen LogP contribution in [0.2, 0.25) is 0 Å². The molecule has 0 aliphatic heterocycles. The van der Waals surface area contributed by atoms with E-state index in [1.54, 1.807) is 6.07 Å². The van der Waals surface area contributed by atoms with Crippen LogP contribution in [0.15, 0.2) is 24.3 Å². The highest BCUT2D eigenvalue weighted by Gasteiger charge is 2.13. The second kappa shape index (κ2) is 7.14. The Morgan fingerprint density at radius 1 is 1.38 bits per heavy atom. The molecule has 1 amide bonds. The van der Waals surface area contributed by atoms with Crippen LogP contribution in [0, 0.1) is 5.82 Å². The topological polar surface area (TPSA) is 92.2 Å². The van der Waals surface area contributed by atoms with Crippen molar-refractivity contribution in [3.63, 3.8) is 0 Å². The predicted octanol–water partition coefficient (Wildman–Crippen LogP) is 2.25. The highest BCUT2D eigenvalue weighted by atomic mass is 32.2. The van der Waals surface area contributed by atoms with Gasteiger partial charge in [-0.3, -0.25) is 9.59 Å². The van der Waals surface area contributed by atoms with Crippen LogP contribution in [0.5, 0.6) is 0 Å². The number of hydrogen-bond acceptors (Lipinski definition) is 6. The number of carboxylic acids is 1. The van der Waals surface area contributed by atoms with E-state index in [0.29, 0.717) is 16.4 Å². The molecule has 0 bridgehead atoms. The van der Waals surface area contributed by atoms with Gasteiger partial charge in [-0.15, -0.1) is 22.0 Å². The summed E-state index contributed by atoms with van der Waals surface area (Å²) in [5.74, 6) is -1.50. The summed E-state index contributed by atoms with van der Waals surface area (Å²) < 4.78 is 13.0. The fraction of sp³-hybridized carbons (Fsp3) is 0.167. The largest absolute Gasteiger partial charge is 0.481 e. The normalized spacial score (nSPS) is 10.3. The van der Waals surface area contributed by atoms with Crippen LogP contribution >= 0.6 is 23.1 Å². The highest BCUT2D eigenvalue weighted by Crippen LogP contribution is 2.18. The van der Waals surface area contributed by atoms with E-state index in [0.717, 1.165) is 11.3 Å². The highest BCUT2D eigenvalue weighted by molar-refractivity contribution is 7.99. The number of amides is 1. The first kappa shape index (κ1) is 15.4. The fourth-order valence-corrected chi connectivity index (χ4v) is 2.91. The number of nitrogens with one attached hydrogen (secondary N) is 1. The molecule has 0 aliphatic carbocycles. The standard InChI is InChI=1S/C12H10FN3O3S2/c13-7-2-1-3-8(4-7)14-11(19)12-16-15-9(21-12)5-20-6-10(17)18/h1-4H,5-6H2,(H,14,19)(H,17,18). The molecule has 2 aromatic rings. The zero-order chi connectivity index (χ0) is 15.2. The zero-order valence-corrected chi connectivity index (χ0v) is 12.2. The van der Waals surface area contributed by atoms with E-state index < -0.39 is 17.7 Å². The average molecular weight is 327 g/mol. The van der Waals surface area contributed by atoms with Gasteiger partial charge in [0.25, 0.3) is 5.91 Å². The summed E-state index contributed by atoms with van der Waals surface area (Å²) in [6.45, 7) is 0. The minimum atomic E-state index is -0.909. The van der Waals surface area contributed by atoms with Gasteiger partial charge in [-0.05, 0) is 18.2 Å². The third-order valence-electron chi connectivity index (χ3n) is 2.19. The molecule has 21 heavy (non-hydrogen) atoms. The summed E-state index contributed by atoms with van der Waals surface area (Å²) in [5, 5.41) is 19.3. The van der Waals surface area contributed by atoms with Crippen molar-refractivity contribution in [2.45, 2.75) is 5.75 Å². The molecule has 1 aromatic carbocycles. The van der Waals surface area contributed by atoms with Crippen molar-refractivity contribution in [3.8, 4) is 0 Å². The Morgan fingerprint density at radius 3 is 2.90 bits per heavy atom. The minimum Gasteiger partial charge on any atom is -0.481 e. The molecule has 0 spiro atoms. The van der Waals surface area contributed by atoms with E-state index in [2.05, 4.69) is 15.5 Å². The number of benzene rings is 1. The lowest BCUT2D eigenvalue weighted by Gasteiger charge is -2.01. The predicted molar refractivity (Wildman–Crippen MR) is 78.1 cm³/mol. The van der Waals surface area contributed by atoms with Crippen molar-refractivity contribution in [3.05, 3.63) is 40.1 Å². The number of rotatable bonds is 6. The molecule has 0 radical (unpaired) electrons. The Kier molecular flexibility index (Phi) is 5.23. The summed E-state index contributed by atoms with van der Waals surface area (Å²) in [7, 11) is 0. The Bertz CT molecular complexity index is 663. The van der Waals surface area contributed by atoms with Crippen LogP contribution in [0.4, 0.5) is 10.1 Å². The van der Waals surface area contributed by atoms with Crippen LogP contribution in [0.1, 0.15) is 14.8 Å². The Labute approximate surface area is 127 Å². The second-order valence-electron chi connectivity index (χ2n) is 3.85. The van der Waals surface area contributed by atoms with Gasteiger partial charge in [-0.1, -0.05) is 17.4 Å². The van der Waals surface area contributed by atoms with Crippen molar-refractivity contribution in [1.82, 2.24) is 10.2 Å². The average Bonchev–Trinajstić information content (AvgIpc) is 2.87. The molecule has 9 heteroatoms. The third kappa shape index (κ3) is 4.80. The van der Waals surface area contributed by atoms with E-state index >= 15 is 0 Å². The molecule has 0 unspecified atom stereocenters. The summed E-state index contributed by atoms with van der Waals surface area (Å²) in [5.41, 5.74) is 0.331. The van der Waals surface area contributed by atoms with Crippen molar-refractivity contribution in [2.75, 3.05) is 11.1 Å². The molecule has 2 N–H and O–H groups in total. The molecule has 110 valence electrons. The molecule has 1 heterocycles. The number of nitrogens with zero attached hydrogens (tertiary/aromatic N) is 2. The number of anilines is 1. The monoisotopic (exact) mass is 327 g/mol. The van der Waals surface area contributed by atoms with E-state index in [1.165, 1.54) is 30.0 Å². The lowest BCUT2D eigenvalue weighted by Crippen LogP contribution is -2.11. The number of carbonyl (C=O) groups excluding carboxylic acids is 1. The van der Waals surface area contributed by atoms with E-state index in [9.17, 15) is 14.0 Å². The SMILES string of the molecule is O=C(O)CSCc1nnc(C(=O)Nc2cccc(F)c2)s1. The van der Waals surface area contributed by atoms with Crippen molar-refractivity contribution in [2.24, 2.45) is 0 Å². The Hall–Kier alpha value is -2.00. The molecule has 0 atom stereocenters. The smallest absolute Gasteiger partial charge is 0.313 e. The number of aliphatic carboxylic acids is 1. The lowest BCUT2D eigenvalue weighted by atomic mass is 10.3. The first-order valence-electron chi connectivity index (χ1n) is 5.73. The van der Waals surface area contributed by atoms with Crippen molar-refractivity contribution < 1.29 is 19.1 Å². The van der Waals surface area contributed by atoms with Gasteiger partial charge < -0.3 is 10.4 Å². The summed E-state index contributed by atoms with van der Waals surface area (Å²) in [6, 6.07) is 5.52. The molecule has 0 fully saturated rings. The van der Waals surface area contributed by atoms with Gasteiger partial charge in [0.15, 0.2) is 0 Å². The van der Waals surface area contributed by atoms with Gasteiger partial charge in [0.05, 0.1) is 5.75 Å². The molecule has 0 aliphatic rings. The van der Waals surface area contributed by atoms with Crippen LogP contribution in [0.25, 0.3) is 0 Å². The molecule has 2 rings (SSSR count). The minimum absolute atomic E-state index is 0.0373. The van der Waals surface area contributed by atoms with Gasteiger partial charge in [0.2, 0.25) is 5.01 Å². The van der Waals surface area contributed by atoms with Gasteiger partial charge in [-0.25, -0.2) is 4.39 Å². The van der Waals surface area contributed by atoms with Gasteiger partial charge in [0.1, 0.15) is 10.8 Å². The van der Waals surface area contributed by atoms with Crippen LogP contribution in [-0.4, -0.2) is 32.9 Å². The van der Waals surface area contributed by atoms with Crippen molar-refractivity contribution >= 4 is 40.7 Å². The van der Waals surface area contributed by atoms with Gasteiger partial charge in [-0.2, -0.15) is 0 Å². The summed E-state index contributed by atoms with van der Waals surface area (Å²) in [6.07, 6.45) is 0. The molecule has 6 nitrogen and oxygen atoms in total. The molecular weight excluding hydrogens is 317 g/mol. The van der Waals surface area contributed by atoms with E-state index in [1.807, 2.05) is 0 Å². The molecular formula is C12H10FN3O3S2. The maximum atomic E-state index is 13.0. The zero-order valence-electron chi connectivity index (χ0n) is 10.6. The fourth-order valence-electron chi connectivity index (χ4n) is 1.38. The molecule has 0 saturated heterocycles. The lowest BCUT2D eigenvalue weighted by molar-refractivity contribution is -0.133. The quantitative estimate of drug-likeness (QED) is 0.845. The third-order valence-corrected chi connectivity index (χ3v) is 4.23. The summed E-state index contributed by atoms with van der Waals surface area (Å²) in [4.78, 5) is 22.3. The van der Waals surface area contributed by atoms with Crippen LogP contribution in [-0.2, 0) is 10.5 Å². The van der Waals surface area contributed by atoms with Crippen molar-refractivity contribution in [1.29, 1.82) is 0 Å². The summed E-state index contributed by atoms with van der Waals surface area (Å²) >= 11 is 2.25. The van der Waals surface area contributed by atoms with E-state index in [-0.39, 0.29) is 10.8 Å². The number of halogens is 1.